The summed E-state index contributed by atoms with van der Waals surface area (Å²) in [4.78, 5) is 11.8. The number of aromatic hydroxyl groups is 1. The molecule has 0 aromatic heterocycles. The Morgan fingerprint density at radius 2 is 1.90 bits per heavy atom. The number of anilines is 1. The van der Waals surface area contributed by atoms with Crippen LogP contribution in [0.4, 0.5) is 5.69 Å². The van der Waals surface area contributed by atoms with E-state index in [4.69, 9.17) is 11.6 Å². The molecule has 0 fully saturated rings. The first kappa shape index (κ1) is 14.2. The molecule has 0 heterocycles. The number of rotatable bonds is 3. The van der Waals surface area contributed by atoms with Crippen molar-refractivity contribution < 1.29 is 9.90 Å². The Morgan fingerprint density at radius 3 is 2.55 bits per heavy atom. The van der Waals surface area contributed by atoms with Crippen LogP contribution >= 0.6 is 11.6 Å². The fourth-order valence-corrected chi connectivity index (χ4v) is 1.83. The highest BCUT2D eigenvalue weighted by atomic mass is 35.5. The van der Waals surface area contributed by atoms with Gasteiger partial charge in [-0.15, -0.1) is 0 Å². The largest absolute Gasteiger partial charge is 0.508 e. The Morgan fingerprint density at radius 1 is 1.20 bits per heavy atom. The van der Waals surface area contributed by atoms with E-state index >= 15 is 0 Å². The average Bonchev–Trinajstić information content (AvgIpc) is 2.41. The summed E-state index contributed by atoms with van der Waals surface area (Å²) in [6.45, 7) is 1.82. The fraction of sp³-hybridized carbons (Fsp3) is 0.0625. The molecule has 0 aliphatic carbocycles. The van der Waals surface area contributed by atoms with Crippen LogP contribution in [0.5, 0.6) is 5.75 Å². The molecule has 0 unspecified atom stereocenters. The summed E-state index contributed by atoms with van der Waals surface area (Å²) in [6.07, 6.45) is 3.16. The Bertz CT molecular complexity index is 648. The van der Waals surface area contributed by atoms with E-state index in [2.05, 4.69) is 5.32 Å². The smallest absolute Gasteiger partial charge is 0.248 e. The summed E-state index contributed by atoms with van der Waals surface area (Å²) in [5.41, 5.74) is 2.37. The molecule has 0 bridgehead atoms. The SMILES string of the molecule is Cc1cc(O)ccc1NC(=O)C=Cc1ccc(Cl)cc1. The second-order valence-corrected chi connectivity index (χ2v) is 4.81. The molecule has 2 aromatic carbocycles. The number of halogens is 1. The highest BCUT2D eigenvalue weighted by molar-refractivity contribution is 6.30. The van der Waals surface area contributed by atoms with Crippen molar-refractivity contribution in [2.75, 3.05) is 5.32 Å². The summed E-state index contributed by atoms with van der Waals surface area (Å²) in [7, 11) is 0. The number of benzene rings is 2. The van der Waals surface area contributed by atoms with E-state index < -0.39 is 0 Å². The number of aryl methyl sites for hydroxylation is 1. The molecule has 0 aliphatic heterocycles. The van der Waals surface area contributed by atoms with Crippen LogP contribution in [0.1, 0.15) is 11.1 Å². The molecular formula is C16H14ClNO2. The number of hydrogen-bond acceptors (Lipinski definition) is 2. The third-order valence-electron chi connectivity index (χ3n) is 2.77. The second-order valence-electron chi connectivity index (χ2n) is 4.37. The molecular weight excluding hydrogens is 274 g/mol. The van der Waals surface area contributed by atoms with Crippen LogP contribution in [0, 0.1) is 6.92 Å². The molecule has 0 aliphatic rings. The van der Waals surface area contributed by atoms with Gasteiger partial charge in [0, 0.05) is 16.8 Å². The van der Waals surface area contributed by atoms with Crippen LogP contribution < -0.4 is 5.32 Å². The molecule has 1 amide bonds. The van der Waals surface area contributed by atoms with Crippen molar-refractivity contribution in [2.24, 2.45) is 0 Å². The van der Waals surface area contributed by atoms with Gasteiger partial charge in [0.2, 0.25) is 5.91 Å². The minimum Gasteiger partial charge on any atom is -0.508 e. The average molecular weight is 288 g/mol. The predicted molar refractivity (Wildman–Crippen MR) is 82.0 cm³/mol. The topological polar surface area (TPSA) is 49.3 Å². The third kappa shape index (κ3) is 3.87. The molecule has 0 saturated heterocycles. The maximum atomic E-state index is 11.8. The summed E-state index contributed by atoms with van der Waals surface area (Å²) in [5.74, 6) is -0.0501. The van der Waals surface area contributed by atoms with Crippen molar-refractivity contribution in [3.63, 3.8) is 0 Å². The Balaban J connectivity index is 2.03. The van der Waals surface area contributed by atoms with Gasteiger partial charge in [0.25, 0.3) is 0 Å². The van der Waals surface area contributed by atoms with Gasteiger partial charge in [-0.25, -0.2) is 0 Å². The van der Waals surface area contributed by atoms with E-state index in [1.54, 1.807) is 30.3 Å². The lowest BCUT2D eigenvalue weighted by Crippen LogP contribution is -2.08. The van der Waals surface area contributed by atoms with Crippen molar-refractivity contribution >= 4 is 29.3 Å². The van der Waals surface area contributed by atoms with Crippen LogP contribution in [-0.4, -0.2) is 11.0 Å². The molecule has 3 nitrogen and oxygen atoms in total. The number of nitrogens with one attached hydrogen (secondary N) is 1. The molecule has 102 valence electrons. The van der Waals surface area contributed by atoms with Crippen LogP contribution in [0.2, 0.25) is 5.02 Å². The lowest BCUT2D eigenvalue weighted by atomic mass is 10.2. The zero-order chi connectivity index (χ0) is 14.5. The molecule has 2 N–H and O–H groups in total. The third-order valence-corrected chi connectivity index (χ3v) is 3.02. The lowest BCUT2D eigenvalue weighted by molar-refractivity contribution is -0.111. The van der Waals surface area contributed by atoms with Gasteiger partial charge in [0.15, 0.2) is 0 Å². The van der Waals surface area contributed by atoms with Gasteiger partial charge < -0.3 is 10.4 Å². The number of carbonyl (C=O) groups excluding carboxylic acids is 1. The van der Waals surface area contributed by atoms with Crippen LogP contribution in [0.25, 0.3) is 6.08 Å². The van der Waals surface area contributed by atoms with Gasteiger partial charge in [0.1, 0.15) is 5.75 Å². The number of hydrogen-bond donors (Lipinski definition) is 2. The van der Waals surface area contributed by atoms with Crippen molar-refractivity contribution in [1.29, 1.82) is 0 Å². The normalized spacial score (nSPS) is 10.7. The molecule has 0 radical (unpaired) electrons. The van der Waals surface area contributed by atoms with Crippen molar-refractivity contribution in [1.82, 2.24) is 0 Å². The van der Waals surface area contributed by atoms with Crippen LogP contribution in [0.15, 0.2) is 48.5 Å². The number of phenols is 1. The van der Waals surface area contributed by atoms with Gasteiger partial charge in [-0.3, -0.25) is 4.79 Å². The zero-order valence-electron chi connectivity index (χ0n) is 10.9. The van der Waals surface area contributed by atoms with Crippen molar-refractivity contribution in [3.8, 4) is 5.75 Å². The maximum Gasteiger partial charge on any atom is 0.248 e. The fourth-order valence-electron chi connectivity index (χ4n) is 1.71. The van der Waals surface area contributed by atoms with Gasteiger partial charge in [-0.05, 0) is 54.5 Å². The molecule has 2 rings (SSSR count). The number of carbonyl (C=O) groups is 1. The van der Waals surface area contributed by atoms with Crippen LogP contribution in [0.3, 0.4) is 0 Å². The predicted octanol–water partition coefficient (Wildman–Crippen LogP) is 4.01. The summed E-state index contributed by atoms with van der Waals surface area (Å²) >= 11 is 5.79. The standard InChI is InChI=1S/C16H14ClNO2/c1-11-10-14(19)7-8-15(11)18-16(20)9-4-12-2-5-13(17)6-3-12/h2-10,19H,1H3,(H,18,20). The van der Waals surface area contributed by atoms with E-state index in [0.717, 1.165) is 11.1 Å². The van der Waals surface area contributed by atoms with Crippen molar-refractivity contribution in [2.45, 2.75) is 6.92 Å². The molecule has 0 spiro atoms. The quantitative estimate of drug-likeness (QED) is 0.662. The Kier molecular flexibility index (Phi) is 4.43. The van der Waals surface area contributed by atoms with E-state index in [1.165, 1.54) is 12.1 Å². The Labute approximate surface area is 122 Å². The van der Waals surface area contributed by atoms with Gasteiger partial charge in [0.05, 0.1) is 0 Å². The Hall–Kier alpha value is -2.26. The van der Waals surface area contributed by atoms with Crippen LogP contribution in [-0.2, 0) is 4.79 Å². The second kappa shape index (κ2) is 6.26. The maximum absolute atomic E-state index is 11.8. The summed E-state index contributed by atoms with van der Waals surface area (Å²) < 4.78 is 0. The first-order valence-corrected chi connectivity index (χ1v) is 6.46. The molecule has 0 atom stereocenters. The van der Waals surface area contributed by atoms with E-state index in [-0.39, 0.29) is 11.7 Å². The number of phenolic OH excluding ortho intramolecular Hbond substituents is 1. The zero-order valence-corrected chi connectivity index (χ0v) is 11.7. The highest BCUT2D eigenvalue weighted by Gasteiger charge is 2.02. The lowest BCUT2D eigenvalue weighted by Gasteiger charge is -2.06. The first-order valence-electron chi connectivity index (χ1n) is 6.09. The molecule has 2 aromatic rings. The van der Waals surface area contributed by atoms with Crippen molar-refractivity contribution in [3.05, 3.63) is 64.7 Å². The summed E-state index contributed by atoms with van der Waals surface area (Å²) in [5, 5.41) is 12.7. The van der Waals surface area contributed by atoms with Gasteiger partial charge in [-0.1, -0.05) is 23.7 Å². The van der Waals surface area contributed by atoms with E-state index in [1.807, 2.05) is 19.1 Å². The van der Waals surface area contributed by atoms with Gasteiger partial charge in [-0.2, -0.15) is 0 Å². The number of amides is 1. The van der Waals surface area contributed by atoms with E-state index in [0.29, 0.717) is 10.7 Å². The molecule has 0 saturated carbocycles. The highest BCUT2D eigenvalue weighted by Crippen LogP contribution is 2.20. The monoisotopic (exact) mass is 287 g/mol. The van der Waals surface area contributed by atoms with Gasteiger partial charge >= 0.3 is 0 Å². The first-order chi connectivity index (χ1) is 9.54. The summed E-state index contributed by atoms with van der Waals surface area (Å²) in [6, 6.07) is 12.0. The minimum absolute atomic E-state index is 0.178. The van der Waals surface area contributed by atoms with E-state index in [9.17, 15) is 9.90 Å². The molecule has 4 heteroatoms. The minimum atomic E-state index is -0.228. The molecule has 20 heavy (non-hydrogen) atoms.